The van der Waals surface area contributed by atoms with Gasteiger partial charge in [-0.3, -0.25) is 4.68 Å². The van der Waals surface area contributed by atoms with Crippen LogP contribution in [0, 0.1) is 5.92 Å². The predicted molar refractivity (Wildman–Crippen MR) is 75.4 cm³/mol. The molecule has 0 amide bonds. The SMILES string of the molecule is CCCn1nccc1CNC1CCCC(CC)C1. The summed E-state index contributed by atoms with van der Waals surface area (Å²) in [6.07, 6.45) is 9.94. The summed E-state index contributed by atoms with van der Waals surface area (Å²) in [5.41, 5.74) is 1.33. The molecule has 3 heteroatoms. The molecular weight excluding hydrogens is 222 g/mol. The van der Waals surface area contributed by atoms with Crippen molar-refractivity contribution < 1.29 is 0 Å². The van der Waals surface area contributed by atoms with Gasteiger partial charge in [-0.2, -0.15) is 5.10 Å². The summed E-state index contributed by atoms with van der Waals surface area (Å²) in [5.74, 6) is 0.941. The van der Waals surface area contributed by atoms with Crippen molar-refractivity contribution in [3.63, 3.8) is 0 Å². The lowest BCUT2D eigenvalue weighted by atomic mass is 9.84. The maximum Gasteiger partial charge on any atom is 0.0522 e. The van der Waals surface area contributed by atoms with Crippen LogP contribution in [0.1, 0.15) is 58.1 Å². The molecule has 1 heterocycles. The molecule has 1 aliphatic carbocycles. The molecule has 2 unspecified atom stereocenters. The highest BCUT2D eigenvalue weighted by Gasteiger charge is 2.20. The fourth-order valence-corrected chi connectivity index (χ4v) is 3.02. The Morgan fingerprint density at radius 1 is 1.39 bits per heavy atom. The number of aryl methyl sites for hydroxylation is 1. The maximum atomic E-state index is 4.38. The molecule has 0 radical (unpaired) electrons. The van der Waals surface area contributed by atoms with E-state index < -0.39 is 0 Å². The lowest BCUT2D eigenvalue weighted by Crippen LogP contribution is -2.34. The van der Waals surface area contributed by atoms with E-state index in [0.717, 1.165) is 25.4 Å². The molecule has 2 rings (SSSR count). The Balaban J connectivity index is 1.81. The van der Waals surface area contributed by atoms with E-state index >= 15 is 0 Å². The Morgan fingerprint density at radius 3 is 3.06 bits per heavy atom. The van der Waals surface area contributed by atoms with E-state index in [1.165, 1.54) is 37.8 Å². The zero-order valence-corrected chi connectivity index (χ0v) is 11.9. The summed E-state index contributed by atoms with van der Waals surface area (Å²) in [4.78, 5) is 0. The van der Waals surface area contributed by atoms with Gasteiger partial charge in [0.2, 0.25) is 0 Å². The number of nitrogens with zero attached hydrogens (tertiary/aromatic N) is 2. The normalized spacial score (nSPS) is 24.3. The molecule has 1 saturated carbocycles. The average Bonchev–Trinajstić information content (AvgIpc) is 2.85. The zero-order valence-electron chi connectivity index (χ0n) is 11.9. The summed E-state index contributed by atoms with van der Waals surface area (Å²) in [6, 6.07) is 2.86. The Bertz CT molecular complexity index is 345. The van der Waals surface area contributed by atoms with Crippen LogP contribution < -0.4 is 5.32 Å². The van der Waals surface area contributed by atoms with Crippen molar-refractivity contribution in [3.8, 4) is 0 Å². The molecule has 18 heavy (non-hydrogen) atoms. The van der Waals surface area contributed by atoms with Crippen molar-refractivity contribution in [3.05, 3.63) is 18.0 Å². The molecule has 0 aromatic carbocycles. The smallest absolute Gasteiger partial charge is 0.0522 e. The quantitative estimate of drug-likeness (QED) is 0.838. The third-order valence-electron chi connectivity index (χ3n) is 4.17. The van der Waals surface area contributed by atoms with E-state index in [1.54, 1.807) is 0 Å². The number of rotatable bonds is 6. The maximum absolute atomic E-state index is 4.38. The Labute approximate surface area is 111 Å². The molecule has 3 nitrogen and oxygen atoms in total. The van der Waals surface area contributed by atoms with Gasteiger partial charge in [-0.05, 0) is 31.2 Å². The fourth-order valence-electron chi connectivity index (χ4n) is 3.02. The fraction of sp³-hybridized carbons (Fsp3) is 0.800. The van der Waals surface area contributed by atoms with Crippen LogP contribution in [0.15, 0.2) is 12.3 Å². The molecule has 0 spiro atoms. The van der Waals surface area contributed by atoms with Gasteiger partial charge in [-0.25, -0.2) is 0 Å². The first-order valence-electron chi connectivity index (χ1n) is 7.57. The van der Waals surface area contributed by atoms with Crippen LogP contribution in [0.5, 0.6) is 0 Å². The number of nitrogens with one attached hydrogen (secondary N) is 1. The van der Waals surface area contributed by atoms with Gasteiger partial charge in [0.15, 0.2) is 0 Å². The minimum Gasteiger partial charge on any atom is -0.308 e. The molecule has 0 aliphatic heterocycles. The predicted octanol–water partition coefficient (Wildman–Crippen LogP) is 3.35. The summed E-state index contributed by atoms with van der Waals surface area (Å²) in [7, 11) is 0. The number of hydrogen-bond acceptors (Lipinski definition) is 2. The van der Waals surface area contributed by atoms with Crippen LogP contribution in [0.25, 0.3) is 0 Å². The highest BCUT2D eigenvalue weighted by Crippen LogP contribution is 2.26. The first kappa shape index (κ1) is 13.6. The second-order valence-electron chi connectivity index (χ2n) is 5.56. The molecule has 1 aromatic heterocycles. The van der Waals surface area contributed by atoms with E-state index in [1.807, 2.05) is 6.20 Å². The van der Waals surface area contributed by atoms with Gasteiger partial charge < -0.3 is 5.32 Å². The largest absolute Gasteiger partial charge is 0.308 e. The van der Waals surface area contributed by atoms with Gasteiger partial charge >= 0.3 is 0 Å². The highest BCUT2D eigenvalue weighted by atomic mass is 15.3. The second kappa shape index (κ2) is 6.93. The summed E-state index contributed by atoms with van der Waals surface area (Å²) in [5, 5.41) is 8.10. The van der Waals surface area contributed by atoms with E-state index in [0.29, 0.717) is 6.04 Å². The molecule has 0 bridgehead atoms. The van der Waals surface area contributed by atoms with Crippen LogP contribution in [-0.4, -0.2) is 15.8 Å². The lowest BCUT2D eigenvalue weighted by Gasteiger charge is -2.29. The second-order valence-corrected chi connectivity index (χ2v) is 5.56. The first-order chi connectivity index (χ1) is 8.83. The van der Waals surface area contributed by atoms with Crippen molar-refractivity contribution in [2.75, 3.05) is 0 Å². The van der Waals surface area contributed by atoms with E-state index in [9.17, 15) is 0 Å². The molecule has 2 atom stereocenters. The van der Waals surface area contributed by atoms with Crippen LogP contribution >= 0.6 is 0 Å². The highest BCUT2D eigenvalue weighted by molar-refractivity contribution is 5.00. The van der Waals surface area contributed by atoms with Crippen LogP contribution in [0.3, 0.4) is 0 Å². The molecule has 1 aliphatic rings. The Kier molecular flexibility index (Phi) is 5.24. The molecule has 1 fully saturated rings. The summed E-state index contributed by atoms with van der Waals surface area (Å²) in [6.45, 7) is 6.53. The van der Waals surface area contributed by atoms with Gasteiger partial charge in [0.1, 0.15) is 0 Å². The average molecular weight is 249 g/mol. The number of hydrogen-bond donors (Lipinski definition) is 1. The van der Waals surface area contributed by atoms with Crippen LogP contribution in [0.2, 0.25) is 0 Å². The summed E-state index contributed by atoms with van der Waals surface area (Å²) < 4.78 is 2.13. The molecule has 1 N–H and O–H groups in total. The van der Waals surface area contributed by atoms with Crippen LogP contribution in [0.4, 0.5) is 0 Å². The zero-order chi connectivity index (χ0) is 12.8. The standard InChI is InChI=1S/C15H27N3/c1-3-10-18-15(8-9-17-18)12-16-14-7-5-6-13(4-2)11-14/h8-9,13-14,16H,3-7,10-12H2,1-2H3. The van der Waals surface area contributed by atoms with Gasteiger partial charge in [0.25, 0.3) is 0 Å². The van der Waals surface area contributed by atoms with Crippen LogP contribution in [-0.2, 0) is 13.1 Å². The number of aromatic nitrogens is 2. The van der Waals surface area contributed by atoms with E-state index in [-0.39, 0.29) is 0 Å². The van der Waals surface area contributed by atoms with E-state index in [4.69, 9.17) is 0 Å². The molecule has 102 valence electrons. The summed E-state index contributed by atoms with van der Waals surface area (Å²) >= 11 is 0. The van der Waals surface area contributed by atoms with Gasteiger partial charge in [0.05, 0.1) is 5.69 Å². The lowest BCUT2D eigenvalue weighted by molar-refractivity contribution is 0.276. The monoisotopic (exact) mass is 249 g/mol. The van der Waals surface area contributed by atoms with Crippen molar-refractivity contribution in [1.82, 2.24) is 15.1 Å². The van der Waals surface area contributed by atoms with E-state index in [2.05, 4.69) is 35.0 Å². The van der Waals surface area contributed by atoms with Crippen molar-refractivity contribution >= 4 is 0 Å². The molecule has 0 saturated heterocycles. The third kappa shape index (κ3) is 3.58. The molecular formula is C15H27N3. The Hall–Kier alpha value is -0.830. The minimum atomic E-state index is 0.716. The first-order valence-corrected chi connectivity index (χ1v) is 7.57. The van der Waals surface area contributed by atoms with Crippen molar-refractivity contribution in [2.45, 2.75) is 71.5 Å². The molecule has 1 aromatic rings. The topological polar surface area (TPSA) is 29.9 Å². The van der Waals surface area contributed by atoms with Gasteiger partial charge in [-0.1, -0.05) is 33.1 Å². The Morgan fingerprint density at radius 2 is 2.28 bits per heavy atom. The third-order valence-corrected chi connectivity index (χ3v) is 4.17. The van der Waals surface area contributed by atoms with Gasteiger partial charge in [-0.15, -0.1) is 0 Å². The van der Waals surface area contributed by atoms with Crippen molar-refractivity contribution in [2.24, 2.45) is 5.92 Å². The minimum absolute atomic E-state index is 0.716. The van der Waals surface area contributed by atoms with Crippen molar-refractivity contribution in [1.29, 1.82) is 0 Å². The van der Waals surface area contributed by atoms with Gasteiger partial charge in [0, 0.05) is 25.3 Å².